The first kappa shape index (κ1) is 15.5. The third kappa shape index (κ3) is 3.19. The molecule has 0 fully saturated rings. The van der Waals surface area contributed by atoms with Crippen LogP contribution in [0.5, 0.6) is 0 Å². The summed E-state index contributed by atoms with van der Waals surface area (Å²) in [5.74, 6) is 0.235. The number of rotatable bonds is 3. The monoisotopic (exact) mass is 370 g/mol. The number of hydrogen-bond acceptors (Lipinski definition) is 3. The van der Waals surface area contributed by atoms with Crippen molar-refractivity contribution in [3.63, 3.8) is 0 Å². The Kier molecular flexibility index (Phi) is 4.30. The summed E-state index contributed by atoms with van der Waals surface area (Å²) in [6.07, 6.45) is 0. The lowest BCUT2D eigenvalue weighted by Crippen LogP contribution is -2.13. The van der Waals surface area contributed by atoms with Gasteiger partial charge in [-0.05, 0) is 41.9 Å². The van der Waals surface area contributed by atoms with E-state index in [-0.39, 0.29) is 5.91 Å². The highest BCUT2D eigenvalue weighted by molar-refractivity contribution is 9.10. The van der Waals surface area contributed by atoms with Gasteiger partial charge in [-0.1, -0.05) is 47.1 Å². The highest BCUT2D eigenvalue weighted by Gasteiger charge is 2.22. The van der Waals surface area contributed by atoms with Gasteiger partial charge in [0.25, 0.3) is 5.91 Å². The van der Waals surface area contributed by atoms with E-state index in [9.17, 15) is 4.79 Å². The number of carbonyl (C=O) groups excluding carboxylic acids is 1. The normalized spacial score (nSPS) is 10.6. The van der Waals surface area contributed by atoms with Crippen LogP contribution in [0, 0.1) is 13.8 Å². The van der Waals surface area contributed by atoms with E-state index in [2.05, 4.69) is 26.4 Å². The lowest BCUT2D eigenvalue weighted by molar-refractivity contribution is 0.102. The molecule has 3 aromatic rings. The third-order valence-electron chi connectivity index (χ3n) is 3.53. The molecule has 0 aliphatic heterocycles. The maximum absolute atomic E-state index is 12.7. The molecule has 116 valence electrons. The molecule has 0 unspecified atom stereocenters. The zero-order valence-corrected chi connectivity index (χ0v) is 14.3. The van der Waals surface area contributed by atoms with Crippen LogP contribution in [0.2, 0.25) is 0 Å². The second kappa shape index (κ2) is 6.38. The summed E-state index contributed by atoms with van der Waals surface area (Å²) in [6, 6.07) is 15.2. The molecular formula is C18H15BrN2O2. The van der Waals surface area contributed by atoms with Gasteiger partial charge in [-0.25, -0.2) is 0 Å². The maximum Gasteiger partial charge on any atom is 0.261 e. The van der Waals surface area contributed by atoms with E-state index in [0.29, 0.717) is 22.7 Å². The van der Waals surface area contributed by atoms with Gasteiger partial charge >= 0.3 is 0 Å². The summed E-state index contributed by atoms with van der Waals surface area (Å²) >= 11 is 3.42. The van der Waals surface area contributed by atoms with E-state index < -0.39 is 0 Å². The predicted molar refractivity (Wildman–Crippen MR) is 93.5 cm³/mol. The van der Waals surface area contributed by atoms with Gasteiger partial charge in [-0.2, -0.15) is 0 Å². The minimum Gasteiger partial charge on any atom is -0.355 e. The molecule has 2 aromatic carbocycles. The number of anilines is 1. The lowest BCUT2D eigenvalue weighted by atomic mass is 10.0. The average molecular weight is 371 g/mol. The second-order valence-electron chi connectivity index (χ2n) is 5.27. The van der Waals surface area contributed by atoms with Crippen LogP contribution in [0.25, 0.3) is 11.3 Å². The first-order valence-electron chi connectivity index (χ1n) is 7.15. The van der Waals surface area contributed by atoms with Crippen LogP contribution in [0.15, 0.2) is 57.5 Å². The summed E-state index contributed by atoms with van der Waals surface area (Å²) < 4.78 is 6.21. The smallest absolute Gasteiger partial charge is 0.261 e. The molecule has 5 heteroatoms. The topological polar surface area (TPSA) is 55.1 Å². The van der Waals surface area contributed by atoms with Crippen molar-refractivity contribution >= 4 is 27.5 Å². The van der Waals surface area contributed by atoms with Crippen LogP contribution in [0.1, 0.15) is 21.6 Å². The zero-order chi connectivity index (χ0) is 16.4. The summed E-state index contributed by atoms with van der Waals surface area (Å²) in [5.41, 5.74) is 3.68. The number of para-hydroxylation sites is 1. The quantitative estimate of drug-likeness (QED) is 0.707. The van der Waals surface area contributed by atoms with Crippen molar-refractivity contribution in [2.24, 2.45) is 0 Å². The molecule has 0 aliphatic rings. The first-order chi connectivity index (χ1) is 11.1. The van der Waals surface area contributed by atoms with Crippen molar-refractivity contribution in [1.82, 2.24) is 5.16 Å². The van der Waals surface area contributed by atoms with Crippen molar-refractivity contribution in [2.75, 3.05) is 5.32 Å². The van der Waals surface area contributed by atoms with Gasteiger partial charge in [0, 0.05) is 10.0 Å². The Balaban J connectivity index is 1.97. The Morgan fingerprint density at radius 2 is 1.78 bits per heavy atom. The number of aryl methyl sites for hydroxylation is 2. The Morgan fingerprint density at radius 1 is 1.09 bits per heavy atom. The number of nitrogens with one attached hydrogen (secondary N) is 1. The number of aromatic nitrogens is 1. The van der Waals surface area contributed by atoms with Gasteiger partial charge in [0.05, 0.1) is 11.4 Å². The van der Waals surface area contributed by atoms with Gasteiger partial charge in [-0.15, -0.1) is 0 Å². The molecule has 4 nitrogen and oxygen atoms in total. The Bertz CT molecular complexity index is 854. The minimum absolute atomic E-state index is 0.244. The molecule has 0 aliphatic carbocycles. The number of amides is 1. The molecule has 1 N–H and O–H groups in total. The maximum atomic E-state index is 12.7. The van der Waals surface area contributed by atoms with Crippen LogP contribution >= 0.6 is 15.9 Å². The van der Waals surface area contributed by atoms with Crippen molar-refractivity contribution in [3.05, 3.63) is 69.8 Å². The molecule has 0 saturated carbocycles. The third-order valence-corrected chi connectivity index (χ3v) is 4.22. The summed E-state index contributed by atoms with van der Waals surface area (Å²) in [7, 11) is 0. The van der Waals surface area contributed by atoms with E-state index in [4.69, 9.17) is 4.52 Å². The Labute approximate surface area is 142 Å². The number of benzene rings is 2. The highest BCUT2D eigenvalue weighted by atomic mass is 79.9. The van der Waals surface area contributed by atoms with Crippen LogP contribution < -0.4 is 5.32 Å². The predicted octanol–water partition coefficient (Wildman–Crippen LogP) is 4.97. The molecule has 23 heavy (non-hydrogen) atoms. The number of halogens is 1. The standard InChI is InChI=1S/C18H15BrN2O2/c1-11-7-9-13(10-8-11)17-16(12(2)21-23-17)18(22)20-15-6-4-3-5-14(15)19/h3-10H,1-2H3,(H,20,22). The van der Waals surface area contributed by atoms with E-state index in [1.54, 1.807) is 6.92 Å². The molecule has 0 atom stereocenters. The fourth-order valence-corrected chi connectivity index (χ4v) is 2.67. The number of hydrogen-bond donors (Lipinski definition) is 1. The fourth-order valence-electron chi connectivity index (χ4n) is 2.29. The van der Waals surface area contributed by atoms with Gasteiger partial charge in [0.2, 0.25) is 0 Å². The minimum atomic E-state index is -0.244. The summed E-state index contributed by atoms with van der Waals surface area (Å²) in [4.78, 5) is 12.7. The van der Waals surface area contributed by atoms with Gasteiger partial charge < -0.3 is 9.84 Å². The molecular weight excluding hydrogens is 356 g/mol. The van der Waals surface area contributed by atoms with E-state index in [0.717, 1.165) is 15.6 Å². The number of nitrogens with zero attached hydrogens (tertiary/aromatic N) is 1. The lowest BCUT2D eigenvalue weighted by Gasteiger charge is -2.07. The second-order valence-corrected chi connectivity index (χ2v) is 6.13. The molecule has 0 bridgehead atoms. The molecule has 0 radical (unpaired) electrons. The molecule has 3 rings (SSSR count). The van der Waals surface area contributed by atoms with E-state index >= 15 is 0 Å². The Hall–Kier alpha value is -2.40. The molecule has 1 heterocycles. The Morgan fingerprint density at radius 3 is 2.48 bits per heavy atom. The molecule has 0 spiro atoms. The average Bonchev–Trinajstić information content (AvgIpc) is 2.92. The van der Waals surface area contributed by atoms with Crippen molar-refractivity contribution in [3.8, 4) is 11.3 Å². The van der Waals surface area contributed by atoms with Crippen LogP contribution in [-0.2, 0) is 0 Å². The molecule has 1 aromatic heterocycles. The molecule has 0 saturated heterocycles. The van der Waals surface area contributed by atoms with Crippen LogP contribution in [0.4, 0.5) is 5.69 Å². The van der Waals surface area contributed by atoms with Crippen molar-refractivity contribution in [1.29, 1.82) is 0 Å². The first-order valence-corrected chi connectivity index (χ1v) is 7.95. The van der Waals surface area contributed by atoms with Gasteiger partial charge in [0.15, 0.2) is 5.76 Å². The van der Waals surface area contributed by atoms with Crippen LogP contribution in [-0.4, -0.2) is 11.1 Å². The van der Waals surface area contributed by atoms with Gasteiger partial charge in [-0.3, -0.25) is 4.79 Å². The zero-order valence-electron chi connectivity index (χ0n) is 12.8. The summed E-state index contributed by atoms with van der Waals surface area (Å²) in [5, 5.41) is 6.84. The molecule has 1 amide bonds. The largest absolute Gasteiger partial charge is 0.355 e. The van der Waals surface area contributed by atoms with Crippen LogP contribution in [0.3, 0.4) is 0 Å². The van der Waals surface area contributed by atoms with E-state index in [1.165, 1.54) is 0 Å². The van der Waals surface area contributed by atoms with E-state index in [1.807, 2.05) is 55.5 Å². The summed E-state index contributed by atoms with van der Waals surface area (Å²) in [6.45, 7) is 3.77. The fraction of sp³-hybridized carbons (Fsp3) is 0.111. The van der Waals surface area contributed by atoms with Crippen molar-refractivity contribution < 1.29 is 9.32 Å². The number of carbonyl (C=O) groups is 1. The van der Waals surface area contributed by atoms with Crippen molar-refractivity contribution in [2.45, 2.75) is 13.8 Å². The van der Waals surface area contributed by atoms with Gasteiger partial charge in [0.1, 0.15) is 5.56 Å². The SMILES string of the molecule is Cc1ccc(-c2onc(C)c2C(=O)Nc2ccccc2Br)cc1. The highest BCUT2D eigenvalue weighted by Crippen LogP contribution is 2.28.